The second-order valence-corrected chi connectivity index (χ2v) is 4.23. The highest BCUT2D eigenvalue weighted by Gasteiger charge is 2.11. The Morgan fingerprint density at radius 1 is 1.35 bits per heavy atom. The minimum atomic E-state index is -1.03. The first-order valence-electron chi connectivity index (χ1n) is 4.88. The first-order chi connectivity index (χ1) is 8.25. The van der Waals surface area contributed by atoms with Crippen molar-refractivity contribution in [3.8, 4) is 5.00 Å². The molecule has 0 atom stereocenters. The molecule has 0 aliphatic heterocycles. The highest BCUT2D eigenvalue weighted by molar-refractivity contribution is 7.10. The minimum absolute atomic E-state index is 0.0301. The standard InChI is InChI=1S/C11H7N3O2S/c15-11(16)9-5-14(6-12-9)10-7-3-1-2-4-8(7)13-17-10/h1-6H,(H,15,16). The maximum atomic E-state index is 10.8. The maximum absolute atomic E-state index is 10.8. The zero-order valence-electron chi connectivity index (χ0n) is 8.57. The Bertz CT molecular complexity index is 701. The Morgan fingerprint density at radius 3 is 2.94 bits per heavy atom. The lowest BCUT2D eigenvalue weighted by Gasteiger charge is -1.96. The number of hydrogen-bond donors (Lipinski definition) is 1. The summed E-state index contributed by atoms with van der Waals surface area (Å²) in [6, 6.07) is 7.72. The lowest BCUT2D eigenvalue weighted by molar-refractivity contribution is 0.0691. The van der Waals surface area contributed by atoms with Gasteiger partial charge in [-0.2, -0.15) is 4.37 Å². The second kappa shape index (κ2) is 3.67. The Labute approximate surface area is 100 Å². The van der Waals surface area contributed by atoms with Gasteiger partial charge in [-0.1, -0.05) is 12.1 Å². The molecule has 3 aromatic rings. The molecule has 1 aromatic carbocycles. The molecule has 0 aliphatic rings. The molecular weight excluding hydrogens is 238 g/mol. The molecule has 0 saturated heterocycles. The first kappa shape index (κ1) is 9.98. The summed E-state index contributed by atoms with van der Waals surface area (Å²) in [6.45, 7) is 0. The Kier molecular flexibility index (Phi) is 2.15. The van der Waals surface area contributed by atoms with E-state index in [0.717, 1.165) is 15.9 Å². The Morgan fingerprint density at radius 2 is 2.18 bits per heavy atom. The van der Waals surface area contributed by atoms with Crippen LogP contribution >= 0.6 is 11.5 Å². The quantitative estimate of drug-likeness (QED) is 0.751. The molecule has 0 bridgehead atoms. The SMILES string of the molecule is O=C(O)c1cn(-c2snc3ccccc23)cn1. The fraction of sp³-hybridized carbons (Fsp3) is 0. The van der Waals surface area contributed by atoms with Gasteiger partial charge in [-0.15, -0.1) is 0 Å². The van der Waals surface area contributed by atoms with Gasteiger partial charge in [0.05, 0.1) is 5.52 Å². The lowest BCUT2D eigenvalue weighted by atomic mass is 10.2. The molecule has 0 saturated carbocycles. The van der Waals surface area contributed by atoms with Crippen LogP contribution in [0.3, 0.4) is 0 Å². The van der Waals surface area contributed by atoms with Crippen LogP contribution in [0, 0.1) is 0 Å². The lowest BCUT2D eigenvalue weighted by Crippen LogP contribution is -1.95. The van der Waals surface area contributed by atoms with Crippen molar-refractivity contribution in [1.29, 1.82) is 0 Å². The molecule has 0 aliphatic carbocycles. The van der Waals surface area contributed by atoms with Crippen molar-refractivity contribution in [2.45, 2.75) is 0 Å². The number of rotatable bonds is 2. The van der Waals surface area contributed by atoms with E-state index in [1.807, 2.05) is 24.3 Å². The normalized spacial score (nSPS) is 10.8. The summed E-state index contributed by atoms with van der Waals surface area (Å²) >= 11 is 1.32. The topological polar surface area (TPSA) is 68.0 Å². The van der Waals surface area contributed by atoms with E-state index in [4.69, 9.17) is 5.11 Å². The van der Waals surface area contributed by atoms with Crippen LogP contribution in [0.4, 0.5) is 0 Å². The molecule has 0 fully saturated rings. The van der Waals surface area contributed by atoms with Crippen molar-refractivity contribution < 1.29 is 9.90 Å². The molecule has 3 rings (SSSR count). The van der Waals surface area contributed by atoms with Crippen LogP contribution < -0.4 is 0 Å². The Hall–Kier alpha value is -2.21. The predicted octanol–water partition coefficient (Wildman–Crippen LogP) is 2.18. The maximum Gasteiger partial charge on any atom is 0.356 e. The Balaban J connectivity index is 2.17. The minimum Gasteiger partial charge on any atom is -0.476 e. The number of fused-ring (bicyclic) bond motifs is 1. The predicted molar refractivity (Wildman–Crippen MR) is 63.7 cm³/mol. The van der Waals surface area contributed by atoms with E-state index in [2.05, 4.69) is 9.36 Å². The van der Waals surface area contributed by atoms with Gasteiger partial charge < -0.3 is 5.11 Å². The molecule has 17 heavy (non-hydrogen) atoms. The van der Waals surface area contributed by atoms with Gasteiger partial charge in [0.25, 0.3) is 0 Å². The smallest absolute Gasteiger partial charge is 0.356 e. The van der Waals surface area contributed by atoms with Crippen molar-refractivity contribution in [3.05, 3.63) is 42.5 Å². The van der Waals surface area contributed by atoms with Crippen LogP contribution in [-0.4, -0.2) is 25.0 Å². The fourth-order valence-electron chi connectivity index (χ4n) is 1.61. The van der Waals surface area contributed by atoms with E-state index >= 15 is 0 Å². The molecule has 84 valence electrons. The van der Waals surface area contributed by atoms with Crippen LogP contribution in [0.5, 0.6) is 0 Å². The highest BCUT2D eigenvalue weighted by atomic mass is 32.1. The summed E-state index contributed by atoms with van der Waals surface area (Å²) in [4.78, 5) is 14.6. The van der Waals surface area contributed by atoms with E-state index in [0.29, 0.717) is 0 Å². The molecule has 0 spiro atoms. The number of carbonyl (C=O) groups is 1. The summed E-state index contributed by atoms with van der Waals surface area (Å²) < 4.78 is 5.98. The average Bonchev–Trinajstić information content (AvgIpc) is 2.95. The fourth-order valence-corrected chi connectivity index (χ4v) is 2.42. The highest BCUT2D eigenvalue weighted by Crippen LogP contribution is 2.25. The molecule has 1 N–H and O–H groups in total. The van der Waals surface area contributed by atoms with E-state index in [1.54, 1.807) is 4.57 Å². The van der Waals surface area contributed by atoms with Crippen LogP contribution in [0.2, 0.25) is 0 Å². The van der Waals surface area contributed by atoms with Crippen molar-refractivity contribution in [2.75, 3.05) is 0 Å². The van der Waals surface area contributed by atoms with Crippen molar-refractivity contribution in [3.63, 3.8) is 0 Å². The molecule has 0 radical (unpaired) electrons. The third-order valence-electron chi connectivity index (χ3n) is 2.40. The van der Waals surface area contributed by atoms with Gasteiger partial charge in [0, 0.05) is 11.6 Å². The van der Waals surface area contributed by atoms with Gasteiger partial charge in [-0.3, -0.25) is 4.57 Å². The molecule has 0 unspecified atom stereocenters. The van der Waals surface area contributed by atoms with Gasteiger partial charge >= 0.3 is 5.97 Å². The van der Waals surface area contributed by atoms with Crippen molar-refractivity contribution in [2.24, 2.45) is 0 Å². The van der Waals surface area contributed by atoms with Gasteiger partial charge in [0.15, 0.2) is 5.69 Å². The average molecular weight is 245 g/mol. The monoisotopic (exact) mass is 245 g/mol. The van der Waals surface area contributed by atoms with E-state index in [9.17, 15) is 4.79 Å². The summed E-state index contributed by atoms with van der Waals surface area (Å²) in [6.07, 6.45) is 2.98. The summed E-state index contributed by atoms with van der Waals surface area (Å²) in [7, 11) is 0. The largest absolute Gasteiger partial charge is 0.476 e. The van der Waals surface area contributed by atoms with Crippen LogP contribution in [0.25, 0.3) is 15.9 Å². The van der Waals surface area contributed by atoms with Crippen molar-refractivity contribution >= 4 is 28.4 Å². The number of hydrogen-bond acceptors (Lipinski definition) is 4. The third-order valence-corrected chi connectivity index (χ3v) is 3.29. The number of benzene rings is 1. The molecule has 2 heterocycles. The van der Waals surface area contributed by atoms with E-state index < -0.39 is 5.97 Å². The molecular formula is C11H7N3O2S. The van der Waals surface area contributed by atoms with Gasteiger partial charge in [-0.05, 0) is 23.7 Å². The molecule has 2 aromatic heterocycles. The molecule has 5 nitrogen and oxygen atoms in total. The molecule has 0 amide bonds. The van der Waals surface area contributed by atoms with Crippen molar-refractivity contribution in [1.82, 2.24) is 13.9 Å². The number of carboxylic acid groups (broad SMARTS) is 1. The van der Waals surface area contributed by atoms with Crippen LogP contribution in [0.15, 0.2) is 36.8 Å². The van der Waals surface area contributed by atoms with Crippen LogP contribution in [0.1, 0.15) is 10.5 Å². The number of aromatic nitrogens is 3. The van der Waals surface area contributed by atoms with Gasteiger partial charge in [0.2, 0.25) is 0 Å². The van der Waals surface area contributed by atoms with E-state index in [1.165, 1.54) is 24.1 Å². The zero-order valence-corrected chi connectivity index (χ0v) is 9.39. The van der Waals surface area contributed by atoms with Gasteiger partial charge in [0.1, 0.15) is 11.3 Å². The number of aromatic carboxylic acids is 1. The summed E-state index contributed by atoms with van der Waals surface area (Å²) in [5, 5.41) is 10.7. The first-order valence-corrected chi connectivity index (χ1v) is 5.65. The third kappa shape index (κ3) is 1.58. The zero-order chi connectivity index (χ0) is 11.8. The summed E-state index contributed by atoms with van der Waals surface area (Å²) in [5.74, 6) is -1.03. The molecule has 6 heteroatoms. The van der Waals surface area contributed by atoms with E-state index in [-0.39, 0.29) is 5.69 Å². The summed E-state index contributed by atoms with van der Waals surface area (Å²) in [5.41, 5.74) is 0.931. The van der Waals surface area contributed by atoms with Crippen LogP contribution in [-0.2, 0) is 0 Å². The second-order valence-electron chi connectivity index (χ2n) is 3.48. The number of carboxylic acids is 1. The number of imidazole rings is 1. The van der Waals surface area contributed by atoms with Gasteiger partial charge in [-0.25, -0.2) is 9.78 Å². The number of nitrogens with zero attached hydrogens (tertiary/aromatic N) is 3.